The molecule has 6 heteroatoms. The molecule has 0 aliphatic carbocycles. The summed E-state index contributed by atoms with van der Waals surface area (Å²) in [6.07, 6.45) is 0. The van der Waals surface area contributed by atoms with Crippen molar-refractivity contribution in [2.75, 3.05) is 6.61 Å². The molecule has 2 unspecified atom stereocenters. The van der Waals surface area contributed by atoms with Gasteiger partial charge in [0.05, 0.1) is 11.9 Å². The normalized spacial score (nSPS) is 15.5. The predicted octanol–water partition coefficient (Wildman–Crippen LogP) is 1.70. The first-order valence-corrected chi connectivity index (χ1v) is 7.17. The molecule has 0 fully saturated rings. The smallest absolute Gasteiger partial charge is 0.217 e. The number of halogens is 1. The van der Waals surface area contributed by atoms with Gasteiger partial charge < -0.3 is 5.11 Å². The standard InChI is InChI=1S/C11H16ClNO3S/c1-8(7-14)17(15,16)13-9(2)10-5-3-4-6-11(10)12/h3-6,8-9,13-14H,7H2,1-2H3. The van der Waals surface area contributed by atoms with Crippen LogP contribution in [0.4, 0.5) is 0 Å². The van der Waals surface area contributed by atoms with Crippen molar-refractivity contribution in [2.24, 2.45) is 0 Å². The summed E-state index contributed by atoms with van der Waals surface area (Å²) < 4.78 is 26.0. The Morgan fingerprint density at radius 1 is 1.35 bits per heavy atom. The number of aliphatic hydroxyl groups is 1. The van der Waals surface area contributed by atoms with Gasteiger partial charge in [0, 0.05) is 11.1 Å². The van der Waals surface area contributed by atoms with E-state index in [1.165, 1.54) is 6.92 Å². The molecule has 0 aliphatic heterocycles. The van der Waals surface area contributed by atoms with Crippen LogP contribution < -0.4 is 4.72 Å². The number of sulfonamides is 1. The molecule has 0 heterocycles. The molecule has 0 saturated heterocycles. The number of rotatable bonds is 5. The Labute approximate surface area is 107 Å². The molecule has 1 aromatic carbocycles. The van der Waals surface area contributed by atoms with E-state index in [1.54, 1.807) is 31.2 Å². The first kappa shape index (κ1) is 14.4. The molecule has 4 nitrogen and oxygen atoms in total. The van der Waals surface area contributed by atoms with Crippen molar-refractivity contribution in [3.8, 4) is 0 Å². The van der Waals surface area contributed by atoms with Crippen molar-refractivity contribution in [2.45, 2.75) is 25.1 Å². The summed E-state index contributed by atoms with van der Waals surface area (Å²) >= 11 is 5.98. The van der Waals surface area contributed by atoms with Gasteiger partial charge in [0.15, 0.2) is 0 Å². The topological polar surface area (TPSA) is 66.4 Å². The lowest BCUT2D eigenvalue weighted by molar-refractivity contribution is 0.294. The van der Waals surface area contributed by atoms with E-state index in [2.05, 4.69) is 4.72 Å². The Morgan fingerprint density at radius 3 is 2.47 bits per heavy atom. The van der Waals surface area contributed by atoms with Crippen LogP contribution in [0.1, 0.15) is 25.5 Å². The highest BCUT2D eigenvalue weighted by atomic mass is 35.5. The van der Waals surface area contributed by atoms with Crippen molar-refractivity contribution in [3.05, 3.63) is 34.9 Å². The van der Waals surface area contributed by atoms with Crippen molar-refractivity contribution < 1.29 is 13.5 Å². The van der Waals surface area contributed by atoms with E-state index in [1.807, 2.05) is 0 Å². The molecule has 96 valence electrons. The Morgan fingerprint density at radius 2 is 1.94 bits per heavy atom. The minimum atomic E-state index is -3.53. The van der Waals surface area contributed by atoms with Gasteiger partial charge in [-0.1, -0.05) is 29.8 Å². The van der Waals surface area contributed by atoms with Crippen LogP contribution in [0.5, 0.6) is 0 Å². The maximum Gasteiger partial charge on any atom is 0.217 e. The van der Waals surface area contributed by atoms with Gasteiger partial charge in [-0.3, -0.25) is 0 Å². The molecule has 0 amide bonds. The zero-order valence-electron chi connectivity index (χ0n) is 9.72. The molecule has 1 aromatic rings. The van der Waals surface area contributed by atoms with E-state index < -0.39 is 27.9 Å². The summed E-state index contributed by atoms with van der Waals surface area (Å²) in [5.41, 5.74) is 0.711. The Bertz CT molecular complexity index is 475. The van der Waals surface area contributed by atoms with Gasteiger partial charge in [0.1, 0.15) is 0 Å². The summed E-state index contributed by atoms with van der Waals surface area (Å²) in [4.78, 5) is 0. The largest absolute Gasteiger partial charge is 0.395 e. The Balaban J connectivity index is 2.87. The first-order valence-electron chi connectivity index (χ1n) is 5.25. The summed E-state index contributed by atoms with van der Waals surface area (Å²) in [6, 6.07) is 6.61. The van der Waals surface area contributed by atoms with Crippen LogP contribution in [0.15, 0.2) is 24.3 Å². The molecule has 0 aromatic heterocycles. The van der Waals surface area contributed by atoms with Gasteiger partial charge >= 0.3 is 0 Å². The van der Waals surface area contributed by atoms with Crippen molar-refractivity contribution >= 4 is 21.6 Å². The number of hydrogen-bond donors (Lipinski definition) is 2. The Kier molecular flexibility index (Phi) is 4.94. The van der Waals surface area contributed by atoms with E-state index in [9.17, 15) is 8.42 Å². The average Bonchev–Trinajstić information content (AvgIpc) is 2.27. The van der Waals surface area contributed by atoms with Crippen LogP contribution in [0.2, 0.25) is 5.02 Å². The van der Waals surface area contributed by atoms with Crippen LogP contribution in [0, 0.1) is 0 Å². The fourth-order valence-corrected chi connectivity index (χ4v) is 2.70. The second-order valence-electron chi connectivity index (χ2n) is 3.90. The zero-order valence-corrected chi connectivity index (χ0v) is 11.3. The summed E-state index contributed by atoms with van der Waals surface area (Å²) in [5, 5.41) is 8.54. The molecular weight excluding hydrogens is 262 g/mol. The maximum atomic E-state index is 11.7. The monoisotopic (exact) mass is 277 g/mol. The summed E-state index contributed by atoms with van der Waals surface area (Å²) in [7, 11) is -3.53. The summed E-state index contributed by atoms with van der Waals surface area (Å²) in [6.45, 7) is 2.75. The predicted molar refractivity (Wildman–Crippen MR) is 68.5 cm³/mol. The van der Waals surface area contributed by atoms with Crippen molar-refractivity contribution in [1.82, 2.24) is 4.72 Å². The molecule has 1 rings (SSSR count). The van der Waals surface area contributed by atoms with E-state index >= 15 is 0 Å². The highest BCUT2D eigenvalue weighted by Gasteiger charge is 2.23. The van der Waals surface area contributed by atoms with Gasteiger partial charge in [-0.15, -0.1) is 0 Å². The van der Waals surface area contributed by atoms with Crippen LogP contribution in [-0.2, 0) is 10.0 Å². The SMILES string of the molecule is CC(NS(=O)(=O)C(C)CO)c1ccccc1Cl. The van der Waals surface area contributed by atoms with Gasteiger partial charge in [-0.2, -0.15) is 0 Å². The fourth-order valence-electron chi connectivity index (χ4n) is 1.35. The number of hydrogen-bond acceptors (Lipinski definition) is 3. The molecular formula is C11H16ClNO3S. The van der Waals surface area contributed by atoms with Gasteiger partial charge in [-0.25, -0.2) is 13.1 Å². The molecule has 0 radical (unpaired) electrons. The van der Waals surface area contributed by atoms with Crippen LogP contribution in [0.3, 0.4) is 0 Å². The minimum absolute atomic E-state index is 0.412. The van der Waals surface area contributed by atoms with E-state index in [0.29, 0.717) is 10.6 Å². The van der Waals surface area contributed by atoms with Crippen LogP contribution in [0.25, 0.3) is 0 Å². The minimum Gasteiger partial charge on any atom is -0.395 e. The molecule has 0 spiro atoms. The third-order valence-electron chi connectivity index (χ3n) is 2.50. The lowest BCUT2D eigenvalue weighted by Crippen LogP contribution is -2.36. The number of benzene rings is 1. The molecule has 2 atom stereocenters. The average molecular weight is 278 g/mol. The van der Waals surface area contributed by atoms with E-state index in [0.717, 1.165) is 0 Å². The molecule has 0 saturated carbocycles. The lowest BCUT2D eigenvalue weighted by Gasteiger charge is -2.18. The fraction of sp³-hybridized carbons (Fsp3) is 0.455. The Hall–Kier alpha value is -0.620. The second-order valence-corrected chi connectivity index (χ2v) is 6.44. The van der Waals surface area contributed by atoms with Crippen molar-refractivity contribution in [1.29, 1.82) is 0 Å². The highest BCUT2D eigenvalue weighted by Crippen LogP contribution is 2.23. The maximum absolute atomic E-state index is 11.7. The highest BCUT2D eigenvalue weighted by molar-refractivity contribution is 7.90. The van der Waals surface area contributed by atoms with Crippen molar-refractivity contribution in [3.63, 3.8) is 0 Å². The van der Waals surface area contributed by atoms with E-state index in [4.69, 9.17) is 16.7 Å². The van der Waals surface area contributed by atoms with Crippen LogP contribution in [-0.4, -0.2) is 25.4 Å². The first-order chi connectivity index (χ1) is 7.88. The van der Waals surface area contributed by atoms with Gasteiger partial charge in [0.2, 0.25) is 10.0 Å². The third kappa shape index (κ3) is 3.67. The lowest BCUT2D eigenvalue weighted by atomic mass is 10.1. The van der Waals surface area contributed by atoms with E-state index in [-0.39, 0.29) is 0 Å². The zero-order chi connectivity index (χ0) is 13.1. The number of nitrogens with one attached hydrogen (secondary N) is 1. The molecule has 17 heavy (non-hydrogen) atoms. The number of aliphatic hydroxyl groups excluding tert-OH is 1. The van der Waals surface area contributed by atoms with Crippen LogP contribution >= 0.6 is 11.6 Å². The summed E-state index contributed by atoms with van der Waals surface area (Å²) in [5.74, 6) is 0. The third-order valence-corrected chi connectivity index (χ3v) is 4.73. The van der Waals surface area contributed by atoms with Gasteiger partial charge in [-0.05, 0) is 25.5 Å². The van der Waals surface area contributed by atoms with Gasteiger partial charge in [0.25, 0.3) is 0 Å². The quantitative estimate of drug-likeness (QED) is 0.861. The second kappa shape index (κ2) is 5.82. The molecule has 2 N–H and O–H groups in total. The molecule has 0 aliphatic rings. The molecule has 0 bridgehead atoms.